The minimum absolute atomic E-state index is 0.419. The maximum absolute atomic E-state index is 8.94. The first-order chi connectivity index (χ1) is 5.63. The summed E-state index contributed by atoms with van der Waals surface area (Å²) in [5.74, 6) is 0. The zero-order chi connectivity index (χ0) is 9.14. The molecule has 0 aromatic carbocycles. The van der Waals surface area contributed by atoms with Crippen molar-refractivity contribution in [3.8, 4) is 0 Å². The summed E-state index contributed by atoms with van der Waals surface area (Å²) in [6.45, 7) is 0. The first kappa shape index (κ1) is 9.03. The maximum atomic E-state index is 8.94. The van der Waals surface area contributed by atoms with Crippen molar-refractivity contribution < 1.29 is 10.0 Å². The first-order valence-corrected chi connectivity index (χ1v) is 3.60. The molecule has 0 spiro atoms. The van der Waals surface area contributed by atoms with Gasteiger partial charge in [0.25, 0.3) is 0 Å². The molecule has 1 rings (SSSR count). The number of hydrogen-bond donors (Lipinski definition) is 2. The van der Waals surface area contributed by atoms with E-state index in [1.807, 2.05) is 14.1 Å². The molecule has 0 aliphatic carbocycles. The van der Waals surface area contributed by atoms with Crippen molar-refractivity contribution in [1.29, 1.82) is 0 Å². The van der Waals surface area contributed by atoms with E-state index in [1.54, 1.807) is 17.2 Å². The van der Waals surface area contributed by atoms with Crippen molar-refractivity contribution in [2.45, 2.75) is 0 Å². The third kappa shape index (κ3) is 1.75. The third-order valence-corrected chi connectivity index (χ3v) is 1.59. The van der Waals surface area contributed by atoms with Crippen molar-refractivity contribution in [2.24, 2.45) is 0 Å². The van der Waals surface area contributed by atoms with Crippen LogP contribution in [0.5, 0.6) is 0 Å². The summed E-state index contributed by atoms with van der Waals surface area (Å²) in [6.07, 6.45) is 3.06. The van der Waals surface area contributed by atoms with Gasteiger partial charge in [-0.05, 0) is 6.07 Å². The molecule has 0 fully saturated rings. The zero-order valence-corrected chi connectivity index (χ0v) is 7.10. The molecule has 0 saturated carbocycles. The van der Waals surface area contributed by atoms with Gasteiger partial charge in [-0.1, -0.05) is 0 Å². The van der Waals surface area contributed by atoms with Crippen LogP contribution in [-0.2, 0) is 0 Å². The number of aromatic nitrogens is 1. The van der Waals surface area contributed by atoms with Gasteiger partial charge in [0, 0.05) is 37.6 Å². The summed E-state index contributed by atoms with van der Waals surface area (Å²) in [6, 6.07) is 1.73. The van der Waals surface area contributed by atoms with Gasteiger partial charge in [-0.15, -0.1) is 0 Å². The standard InChI is InChI=1S/C7H11BN2O2/c1-10(2)7-3-4-9-5-6(7)8(11)12/h3-5,11-12H,1-2H3. The largest absolute Gasteiger partial charge is 0.492 e. The minimum atomic E-state index is -1.46. The number of rotatable bonds is 2. The van der Waals surface area contributed by atoms with E-state index in [-0.39, 0.29) is 0 Å². The smallest absolute Gasteiger partial charge is 0.423 e. The summed E-state index contributed by atoms with van der Waals surface area (Å²) >= 11 is 0. The molecule has 0 saturated heterocycles. The summed E-state index contributed by atoms with van der Waals surface area (Å²) in [5.41, 5.74) is 1.18. The molecule has 1 aromatic heterocycles. The molecule has 0 aliphatic heterocycles. The Kier molecular flexibility index (Phi) is 2.67. The lowest BCUT2D eigenvalue weighted by Gasteiger charge is -2.15. The highest BCUT2D eigenvalue weighted by Gasteiger charge is 2.16. The molecule has 0 aliphatic rings. The van der Waals surface area contributed by atoms with Gasteiger partial charge in [0.2, 0.25) is 0 Å². The molecule has 12 heavy (non-hydrogen) atoms. The summed E-state index contributed by atoms with van der Waals surface area (Å²) in [4.78, 5) is 5.60. The lowest BCUT2D eigenvalue weighted by molar-refractivity contribution is 0.425. The fourth-order valence-corrected chi connectivity index (χ4v) is 1.01. The number of hydrogen-bond acceptors (Lipinski definition) is 4. The van der Waals surface area contributed by atoms with Crippen LogP contribution in [0.1, 0.15) is 0 Å². The predicted octanol–water partition coefficient (Wildman–Crippen LogP) is -1.17. The van der Waals surface area contributed by atoms with Gasteiger partial charge in [-0.3, -0.25) is 4.98 Å². The Balaban J connectivity index is 3.09. The Morgan fingerprint density at radius 3 is 2.50 bits per heavy atom. The van der Waals surface area contributed by atoms with E-state index in [1.165, 1.54) is 6.20 Å². The van der Waals surface area contributed by atoms with Crippen LogP contribution in [0, 0.1) is 0 Å². The Morgan fingerprint density at radius 2 is 2.08 bits per heavy atom. The van der Waals surface area contributed by atoms with Gasteiger partial charge in [-0.2, -0.15) is 0 Å². The van der Waals surface area contributed by atoms with Crippen LogP contribution < -0.4 is 10.4 Å². The van der Waals surface area contributed by atoms with Gasteiger partial charge >= 0.3 is 7.12 Å². The normalized spacial score (nSPS) is 9.67. The average Bonchev–Trinajstić information content (AvgIpc) is 2.04. The molecule has 4 nitrogen and oxygen atoms in total. The molecule has 64 valence electrons. The second kappa shape index (κ2) is 3.56. The highest BCUT2D eigenvalue weighted by molar-refractivity contribution is 6.60. The molecular formula is C7H11BN2O2. The van der Waals surface area contributed by atoms with Crippen LogP contribution in [0.25, 0.3) is 0 Å². The third-order valence-electron chi connectivity index (χ3n) is 1.59. The Hall–Kier alpha value is -1.07. The molecule has 0 atom stereocenters. The van der Waals surface area contributed by atoms with Crippen molar-refractivity contribution in [3.63, 3.8) is 0 Å². The summed E-state index contributed by atoms with van der Waals surface area (Å²) in [5, 5.41) is 17.9. The maximum Gasteiger partial charge on any atom is 0.492 e. The number of anilines is 1. The average molecular weight is 166 g/mol. The van der Waals surface area contributed by atoms with E-state index in [9.17, 15) is 0 Å². The van der Waals surface area contributed by atoms with Crippen LogP contribution in [0.3, 0.4) is 0 Å². The lowest BCUT2D eigenvalue weighted by Crippen LogP contribution is -2.34. The minimum Gasteiger partial charge on any atom is -0.423 e. The van der Waals surface area contributed by atoms with Gasteiger partial charge in [0.1, 0.15) is 0 Å². The van der Waals surface area contributed by atoms with E-state index in [0.29, 0.717) is 5.46 Å². The monoisotopic (exact) mass is 166 g/mol. The van der Waals surface area contributed by atoms with Crippen molar-refractivity contribution >= 4 is 18.3 Å². The zero-order valence-electron chi connectivity index (χ0n) is 7.10. The van der Waals surface area contributed by atoms with Crippen molar-refractivity contribution in [2.75, 3.05) is 19.0 Å². The fraction of sp³-hybridized carbons (Fsp3) is 0.286. The van der Waals surface area contributed by atoms with Crippen LogP contribution in [0.15, 0.2) is 18.5 Å². The van der Waals surface area contributed by atoms with E-state index >= 15 is 0 Å². The van der Waals surface area contributed by atoms with E-state index in [2.05, 4.69) is 4.98 Å². The van der Waals surface area contributed by atoms with Crippen LogP contribution in [0.2, 0.25) is 0 Å². The van der Waals surface area contributed by atoms with Gasteiger partial charge in [0.15, 0.2) is 0 Å². The van der Waals surface area contributed by atoms with E-state index in [0.717, 1.165) is 5.69 Å². The Bertz CT molecular complexity index is 238. The topological polar surface area (TPSA) is 56.6 Å². The second-order valence-electron chi connectivity index (χ2n) is 2.70. The van der Waals surface area contributed by atoms with E-state index in [4.69, 9.17) is 10.0 Å². The molecule has 5 heteroatoms. The molecule has 0 unspecified atom stereocenters. The Labute approximate surface area is 71.6 Å². The van der Waals surface area contributed by atoms with Crippen LogP contribution in [0.4, 0.5) is 5.69 Å². The van der Waals surface area contributed by atoms with Gasteiger partial charge < -0.3 is 14.9 Å². The first-order valence-electron chi connectivity index (χ1n) is 3.60. The SMILES string of the molecule is CN(C)c1ccncc1B(O)O. The van der Waals surface area contributed by atoms with Gasteiger partial charge in [-0.25, -0.2) is 0 Å². The number of pyridine rings is 1. The highest BCUT2D eigenvalue weighted by atomic mass is 16.4. The molecular weight excluding hydrogens is 155 g/mol. The predicted molar refractivity (Wildman–Crippen MR) is 48.4 cm³/mol. The highest BCUT2D eigenvalue weighted by Crippen LogP contribution is 2.04. The summed E-state index contributed by atoms with van der Waals surface area (Å²) in [7, 11) is 2.21. The quantitative estimate of drug-likeness (QED) is 0.543. The lowest BCUT2D eigenvalue weighted by atomic mass is 9.80. The van der Waals surface area contributed by atoms with E-state index < -0.39 is 7.12 Å². The molecule has 0 amide bonds. The molecule has 1 aromatic rings. The second-order valence-corrected chi connectivity index (χ2v) is 2.70. The van der Waals surface area contributed by atoms with Crippen LogP contribution >= 0.6 is 0 Å². The number of nitrogens with zero attached hydrogens (tertiary/aromatic N) is 2. The molecule has 0 radical (unpaired) electrons. The van der Waals surface area contributed by atoms with Crippen molar-refractivity contribution in [1.82, 2.24) is 4.98 Å². The molecule has 0 bridgehead atoms. The summed E-state index contributed by atoms with van der Waals surface area (Å²) < 4.78 is 0. The molecule has 1 heterocycles. The van der Waals surface area contributed by atoms with Gasteiger partial charge in [0.05, 0.1) is 0 Å². The van der Waals surface area contributed by atoms with Crippen LogP contribution in [-0.4, -0.2) is 36.2 Å². The fourth-order valence-electron chi connectivity index (χ4n) is 1.01. The molecule has 2 N–H and O–H groups in total. The Morgan fingerprint density at radius 1 is 1.42 bits per heavy atom. The van der Waals surface area contributed by atoms with Crippen molar-refractivity contribution in [3.05, 3.63) is 18.5 Å².